The molecule has 0 aliphatic carbocycles. The lowest BCUT2D eigenvalue weighted by Gasteiger charge is -1.96. The van der Waals surface area contributed by atoms with Crippen molar-refractivity contribution >= 4 is 5.97 Å². The zero-order chi connectivity index (χ0) is 10.8. The number of H-pyrrole nitrogens is 1. The van der Waals surface area contributed by atoms with E-state index in [-0.39, 0.29) is 6.42 Å². The minimum Gasteiger partial charge on any atom is -0.481 e. The van der Waals surface area contributed by atoms with Crippen LogP contribution in [-0.4, -0.2) is 31.1 Å². The molecule has 0 bridgehead atoms. The lowest BCUT2D eigenvalue weighted by molar-refractivity contribution is -0.136. The predicted molar refractivity (Wildman–Crippen MR) is 52.1 cm³/mol. The smallest absolute Gasteiger partial charge is 0.307 e. The molecule has 2 aromatic heterocycles. The summed E-state index contributed by atoms with van der Waals surface area (Å²) >= 11 is 0. The molecule has 0 atom stereocenters. The van der Waals surface area contributed by atoms with Crippen LogP contribution < -0.4 is 0 Å². The molecule has 2 heterocycles. The minimum atomic E-state index is -0.874. The van der Waals surface area contributed by atoms with Gasteiger partial charge in [-0.05, 0) is 0 Å². The van der Waals surface area contributed by atoms with Crippen LogP contribution in [0, 0.1) is 0 Å². The Morgan fingerprint density at radius 1 is 1.60 bits per heavy atom. The molecular weight excluding hydrogens is 196 g/mol. The summed E-state index contributed by atoms with van der Waals surface area (Å²) in [4.78, 5) is 10.6. The SMILES string of the molecule is Cn1cc(-c2[nH]ncc2CC(=O)O)cn1. The van der Waals surface area contributed by atoms with Gasteiger partial charge in [0.15, 0.2) is 0 Å². The van der Waals surface area contributed by atoms with Crippen LogP contribution in [0.25, 0.3) is 11.3 Å². The maximum absolute atomic E-state index is 10.6. The van der Waals surface area contributed by atoms with Crippen molar-refractivity contribution in [2.75, 3.05) is 0 Å². The Kier molecular flexibility index (Phi) is 2.24. The van der Waals surface area contributed by atoms with Crippen LogP contribution in [0.3, 0.4) is 0 Å². The van der Waals surface area contributed by atoms with Gasteiger partial charge < -0.3 is 5.11 Å². The second-order valence-electron chi connectivity index (χ2n) is 3.24. The Morgan fingerprint density at radius 3 is 3.00 bits per heavy atom. The molecule has 2 rings (SSSR count). The molecule has 2 N–H and O–H groups in total. The van der Waals surface area contributed by atoms with Crippen molar-refractivity contribution in [2.45, 2.75) is 6.42 Å². The van der Waals surface area contributed by atoms with Crippen molar-refractivity contribution < 1.29 is 9.90 Å². The van der Waals surface area contributed by atoms with E-state index in [1.54, 1.807) is 24.1 Å². The van der Waals surface area contributed by atoms with Crippen LogP contribution in [0.2, 0.25) is 0 Å². The van der Waals surface area contributed by atoms with Crippen LogP contribution >= 0.6 is 0 Å². The number of nitrogens with one attached hydrogen (secondary N) is 1. The van der Waals surface area contributed by atoms with E-state index >= 15 is 0 Å². The first-order valence-electron chi connectivity index (χ1n) is 4.40. The van der Waals surface area contributed by atoms with Gasteiger partial charge >= 0.3 is 5.97 Å². The van der Waals surface area contributed by atoms with Gasteiger partial charge in [-0.1, -0.05) is 0 Å². The lowest BCUT2D eigenvalue weighted by atomic mass is 10.1. The zero-order valence-electron chi connectivity index (χ0n) is 8.14. The van der Waals surface area contributed by atoms with E-state index in [0.29, 0.717) is 11.3 Å². The molecule has 0 radical (unpaired) electrons. The van der Waals surface area contributed by atoms with Gasteiger partial charge in [-0.3, -0.25) is 14.6 Å². The van der Waals surface area contributed by atoms with Gasteiger partial charge in [0.2, 0.25) is 0 Å². The first kappa shape index (κ1) is 9.45. The fourth-order valence-corrected chi connectivity index (χ4v) is 1.41. The van der Waals surface area contributed by atoms with Crippen LogP contribution in [0.1, 0.15) is 5.56 Å². The molecule has 0 saturated heterocycles. The molecule has 0 aliphatic rings. The summed E-state index contributed by atoms with van der Waals surface area (Å²) in [6.07, 6.45) is 4.95. The number of aromatic amines is 1. The third kappa shape index (κ3) is 1.88. The van der Waals surface area contributed by atoms with Gasteiger partial charge in [0, 0.05) is 24.4 Å². The zero-order valence-corrected chi connectivity index (χ0v) is 8.14. The van der Waals surface area contributed by atoms with E-state index in [0.717, 1.165) is 5.56 Å². The average Bonchev–Trinajstić information content (AvgIpc) is 2.72. The lowest BCUT2D eigenvalue weighted by Crippen LogP contribution is -2.00. The van der Waals surface area contributed by atoms with Crippen molar-refractivity contribution in [2.24, 2.45) is 7.05 Å². The van der Waals surface area contributed by atoms with E-state index in [1.165, 1.54) is 6.20 Å². The Hall–Kier alpha value is -2.11. The van der Waals surface area contributed by atoms with Crippen LogP contribution in [0.5, 0.6) is 0 Å². The molecular formula is C9H10N4O2. The number of carboxylic acid groups (broad SMARTS) is 1. The second kappa shape index (κ2) is 3.56. The van der Waals surface area contributed by atoms with Crippen molar-refractivity contribution in [1.29, 1.82) is 0 Å². The van der Waals surface area contributed by atoms with Gasteiger partial charge in [-0.25, -0.2) is 0 Å². The number of hydrogen-bond donors (Lipinski definition) is 2. The largest absolute Gasteiger partial charge is 0.481 e. The highest BCUT2D eigenvalue weighted by Gasteiger charge is 2.11. The summed E-state index contributed by atoms with van der Waals surface area (Å²) < 4.78 is 1.65. The quantitative estimate of drug-likeness (QED) is 0.763. The Balaban J connectivity index is 2.36. The number of aryl methyl sites for hydroxylation is 1. The normalized spacial score (nSPS) is 10.5. The summed E-state index contributed by atoms with van der Waals surface area (Å²) in [5.74, 6) is -0.874. The highest BCUT2D eigenvalue weighted by atomic mass is 16.4. The van der Waals surface area contributed by atoms with Gasteiger partial charge in [-0.2, -0.15) is 10.2 Å². The first-order chi connectivity index (χ1) is 7.16. The summed E-state index contributed by atoms with van der Waals surface area (Å²) in [6, 6.07) is 0. The Bertz CT molecular complexity index is 486. The van der Waals surface area contributed by atoms with E-state index in [1.807, 2.05) is 0 Å². The molecule has 0 amide bonds. The van der Waals surface area contributed by atoms with E-state index in [2.05, 4.69) is 15.3 Å². The summed E-state index contributed by atoms with van der Waals surface area (Å²) in [6.45, 7) is 0. The topological polar surface area (TPSA) is 83.8 Å². The molecule has 0 spiro atoms. The molecule has 6 nitrogen and oxygen atoms in total. The maximum Gasteiger partial charge on any atom is 0.307 e. The fraction of sp³-hybridized carbons (Fsp3) is 0.222. The number of carboxylic acids is 1. The third-order valence-electron chi connectivity index (χ3n) is 2.05. The maximum atomic E-state index is 10.6. The average molecular weight is 206 g/mol. The Labute approximate surface area is 85.5 Å². The number of carbonyl (C=O) groups is 1. The third-order valence-corrected chi connectivity index (χ3v) is 2.05. The van der Waals surface area contributed by atoms with Gasteiger partial charge in [0.05, 0.1) is 24.5 Å². The summed E-state index contributed by atoms with van der Waals surface area (Å²) in [5, 5.41) is 19.3. The summed E-state index contributed by atoms with van der Waals surface area (Å²) in [7, 11) is 1.80. The molecule has 78 valence electrons. The molecule has 0 saturated carbocycles. The molecule has 6 heteroatoms. The van der Waals surface area contributed by atoms with Crippen LogP contribution in [0.4, 0.5) is 0 Å². The number of rotatable bonds is 3. The molecule has 2 aromatic rings. The van der Waals surface area contributed by atoms with Gasteiger partial charge in [0.25, 0.3) is 0 Å². The number of aliphatic carboxylic acids is 1. The first-order valence-corrected chi connectivity index (χ1v) is 4.40. The van der Waals surface area contributed by atoms with E-state index in [4.69, 9.17) is 5.11 Å². The number of aromatic nitrogens is 4. The van der Waals surface area contributed by atoms with Crippen molar-refractivity contribution in [3.05, 3.63) is 24.2 Å². The van der Waals surface area contributed by atoms with E-state index in [9.17, 15) is 4.79 Å². The molecule has 0 fully saturated rings. The second-order valence-corrected chi connectivity index (χ2v) is 3.24. The van der Waals surface area contributed by atoms with E-state index < -0.39 is 5.97 Å². The van der Waals surface area contributed by atoms with Crippen LogP contribution in [0.15, 0.2) is 18.6 Å². The van der Waals surface area contributed by atoms with Crippen molar-refractivity contribution in [1.82, 2.24) is 20.0 Å². The van der Waals surface area contributed by atoms with Crippen molar-refractivity contribution in [3.63, 3.8) is 0 Å². The highest BCUT2D eigenvalue weighted by Crippen LogP contribution is 2.20. The minimum absolute atomic E-state index is 0.0409. The standard InChI is InChI=1S/C9H10N4O2/c1-13-5-7(4-11-13)9-6(2-8(14)15)3-10-12-9/h3-5H,2H2,1H3,(H,10,12)(H,14,15). The molecule has 0 aromatic carbocycles. The predicted octanol–water partition coefficient (Wildman–Crippen LogP) is 0.437. The fourth-order valence-electron chi connectivity index (χ4n) is 1.41. The molecule has 0 unspecified atom stereocenters. The molecule has 15 heavy (non-hydrogen) atoms. The van der Waals surface area contributed by atoms with Gasteiger partial charge in [0.1, 0.15) is 0 Å². The molecule has 0 aliphatic heterocycles. The van der Waals surface area contributed by atoms with Crippen molar-refractivity contribution in [3.8, 4) is 11.3 Å². The number of hydrogen-bond acceptors (Lipinski definition) is 3. The number of nitrogens with zero attached hydrogens (tertiary/aromatic N) is 3. The highest BCUT2D eigenvalue weighted by molar-refractivity contribution is 5.74. The van der Waals surface area contributed by atoms with Crippen LogP contribution in [-0.2, 0) is 18.3 Å². The summed E-state index contributed by atoms with van der Waals surface area (Å²) in [5.41, 5.74) is 2.22. The Morgan fingerprint density at radius 2 is 2.40 bits per heavy atom. The monoisotopic (exact) mass is 206 g/mol. The van der Waals surface area contributed by atoms with Gasteiger partial charge in [-0.15, -0.1) is 0 Å².